The van der Waals surface area contributed by atoms with Crippen LogP contribution in [-0.4, -0.2) is 150 Å². The number of halogens is 3. The minimum Gasteiger partial charge on any atom is -0.480 e. The molecule has 0 radical (unpaired) electrons. The molecule has 20 nitrogen and oxygen atoms in total. The monoisotopic (exact) mass is 944 g/mol. The molecule has 0 bridgehead atoms. The third-order valence-corrected chi connectivity index (χ3v) is 11.1. The number of nitrogens with zero attached hydrogens (tertiary/aromatic N) is 3. The Labute approximate surface area is 375 Å². The number of thioether (sulfide) groups is 1. The number of aromatic nitrogens is 1. The minimum atomic E-state index is -5.07. The molecular formula is C39H55F3N10O10S2. The lowest BCUT2D eigenvalue weighted by Crippen LogP contribution is -2.53. The second kappa shape index (κ2) is 24.5. The fraction of sp³-hybridized carbons (Fsp3) is 0.590. The topological polar surface area (TPSA) is 279 Å². The van der Waals surface area contributed by atoms with Crippen LogP contribution in [0.15, 0.2) is 23.2 Å². The van der Waals surface area contributed by atoms with Gasteiger partial charge in [0.25, 0.3) is 0 Å². The third kappa shape index (κ3) is 18.7. The number of anilines is 1. The van der Waals surface area contributed by atoms with Crippen molar-refractivity contribution in [2.45, 2.75) is 102 Å². The van der Waals surface area contributed by atoms with Gasteiger partial charge < -0.3 is 52.0 Å². The van der Waals surface area contributed by atoms with Gasteiger partial charge in [-0.2, -0.15) is 13.2 Å². The zero-order chi connectivity index (χ0) is 47.8. The SMILES string of the molecule is C[C@H](NC(=O)CNC(=O)CNC(=O)C(CCCCN(C)C)NC(=O)OC(C)(C)C)C(=O)NC(CCCCNC(=O)C(F)(F)F)C(=O)Nc1ccc2nc(C3=NC(C(=O)O)CS3)sc2c1. The molecule has 4 atom stereocenters. The maximum absolute atomic E-state index is 13.5. The van der Waals surface area contributed by atoms with Gasteiger partial charge in [-0.1, -0.05) is 0 Å². The number of rotatable bonds is 23. The van der Waals surface area contributed by atoms with Crippen LogP contribution < -0.4 is 37.2 Å². The van der Waals surface area contributed by atoms with Gasteiger partial charge in [-0.05, 0) is 105 Å². The average molecular weight is 945 g/mol. The van der Waals surface area contributed by atoms with Gasteiger partial charge in [0.1, 0.15) is 33.8 Å². The second-order valence-corrected chi connectivity index (χ2v) is 17.9. The van der Waals surface area contributed by atoms with Gasteiger partial charge in [0.2, 0.25) is 29.5 Å². The lowest BCUT2D eigenvalue weighted by Gasteiger charge is -2.23. The summed E-state index contributed by atoms with van der Waals surface area (Å²) in [6.07, 6.45) is -4.26. The Morgan fingerprint density at radius 3 is 2.14 bits per heavy atom. The lowest BCUT2D eigenvalue weighted by molar-refractivity contribution is -0.173. The first-order chi connectivity index (χ1) is 29.9. The van der Waals surface area contributed by atoms with Crippen LogP contribution in [0.25, 0.3) is 10.2 Å². The summed E-state index contributed by atoms with van der Waals surface area (Å²) >= 11 is 2.48. The smallest absolute Gasteiger partial charge is 0.471 e. The quantitative estimate of drug-likeness (QED) is 0.0741. The summed E-state index contributed by atoms with van der Waals surface area (Å²) in [4.78, 5) is 111. The molecular weight excluding hydrogens is 890 g/mol. The Morgan fingerprint density at radius 2 is 1.52 bits per heavy atom. The highest BCUT2D eigenvalue weighted by Crippen LogP contribution is 2.31. The number of aliphatic carboxylic acids is 1. The molecule has 3 unspecified atom stereocenters. The Morgan fingerprint density at radius 1 is 0.859 bits per heavy atom. The van der Waals surface area contributed by atoms with E-state index in [1.165, 1.54) is 30.0 Å². The molecule has 25 heteroatoms. The molecule has 1 aromatic heterocycles. The summed E-state index contributed by atoms with van der Waals surface area (Å²) in [5, 5.41) is 26.9. The zero-order valence-electron chi connectivity index (χ0n) is 36.2. The number of benzene rings is 1. The van der Waals surface area contributed by atoms with Crippen LogP contribution in [0.3, 0.4) is 0 Å². The molecule has 1 aliphatic rings. The first-order valence-electron chi connectivity index (χ1n) is 20.2. The van der Waals surface area contributed by atoms with Crippen LogP contribution in [0.2, 0.25) is 0 Å². The number of carbonyl (C=O) groups excluding carboxylic acids is 7. The van der Waals surface area contributed by atoms with Gasteiger partial charge in [-0.15, -0.1) is 23.1 Å². The molecule has 64 heavy (non-hydrogen) atoms. The van der Waals surface area contributed by atoms with Crippen molar-refractivity contribution in [2.75, 3.05) is 51.3 Å². The van der Waals surface area contributed by atoms with Crippen molar-refractivity contribution in [3.8, 4) is 0 Å². The van der Waals surface area contributed by atoms with Crippen LogP contribution in [0.4, 0.5) is 23.7 Å². The molecule has 2 heterocycles. The van der Waals surface area contributed by atoms with E-state index in [4.69, 9.17) is 4.74 Å². The number of fused-ring (bicyclic) bond motifs is 1. The lowest BCUT2D eigenvalue weighted by atomic mass is 10.1. The van der Waals surface area contributed by atoms with Gasteiger partial charge >= 0.3 is 24.1 Å². The molecule has 0 aliphatic carbocycles. The van der Waals surface area contributed by atoms with Crippen molar-refractivity contribution in [3.63, 3.8) is 0 Å². The van der Waals surface area contributed by atoms with E-state index < -0.39 is 96.5 Å². The number of unbranched alkanes of at least 4 members (excludes halogenated alkanes) is 2. The summed E-state index contributed by atoms with van der Waals surface area (Å²) in [5.41, 5.74) is 0.0442. The van der Waals surface area contributed by atoms with E-state index in [-0.39, 0.29) is 38.0 Å². The van der Waals surface area contributed by atoms with Crippen molar-refractivity contribution in [1.82, 2.24) is 41.8 Å². The molecule has 1 aromatic carbocycles. The molecule has 8 N–H and O–H groups in total. The molecule has 1 aliphatic heterocycles. The van der Waals surface area contributed by atoms with Crippen molar-refractivity contribution >= 4 is 91.6 Å². The summed E-state index contributed by atoms with van der Waals surface area (Å²) in [6.45, 7) is 5.58. The van der Waals surface area contributed by atoms with Crippen LogP contribution in [0.1, 0.15) is 71.2 Å². The van der Waals surface area contributed by atoms with Crippen LogP contribution in [0.5, 0.6) is 0 Å². The zero-order valence-corrected chi connectivity index (χ0v) is 37.9. The van der Waals surface area contributed by atoms with Crippen molar-refractivity contribution < 1.29 is 61.4 Å². The van der Waals surface area contributed by atoms with Gasteiger partial charge in [-0.3, -0.25) is 33.8 Å². The second-order valence-electron chi connectivity index (χ2n) is 15.9. The van der Waals surface area contributed by atoms with Crippen molar-refractivity contribution in [2.24, 2.45) is 4.99 Å². The molecule has 3 rings (SSSR count). The van der Waals surface area contributed by atoms with E-state index in [9.17, 15) is 56.6 Å². The molecule has 7 amide bonds. The molecule has 0 saturated carbocycles. The Kier molecular flexibility index (Phi) is 20.2. The van der Waals surface area contributed by atoms with E-state index in [1.54, 1.807) is 44.3 Å². The first kappa shape index (κ1) is 52.8. The highest BCUT2D eigenvalue weighted by molar-refractivity contribution is 8.15. The number of alkyl halides is 3. The minimum absolute atomic E-state index is 0.0197. The number of ether oxygens (including phenoxy) is 1. The Balaban J connectivity index is 1.58. The predicted molar refractivity (Wildman–Crippen MR) is 233 cm³/mol. The largest absolute Gasteiger partial charge is 0.480 e. The summed E-state index contributed by atoms with van der Waals surface area (Å²) in [7, 11) is 3.80. The van der Waals surface area contributed by atoms with Crippen LogP contribution >= 0.6 is 23.1 Å². The fourth-order valence-electron chi connectivity index (χ4n) is 5.67. The number of amides is 7. The number of nitrogens with one attached hydrogen (secondary N) is 7. The fourth-order valence-corrected chi connectivity index (χ4v) is 7.77. The third-order valence-electron chi connectivity index (χ3n) is 8.87. The van der Waals surface area contributed by atoms with E-state index in [0.29, 0.717) is 32.4 Å². The number of hydrogen-bond donors (Lipinski definition) is 8. The van der Waals surface area contributed by atoms with Crippen LogP contribution in [0, 0.1) is 0 Å². The number of alkyl carbamates (subject to hydrolysis) is 1. The molecule has 0 spiro atoms. The Hall–Kier alpha value is -5.56. The predicted octanol–water partition coefficient (Wildman–Crippen LogP) is 1.88. The van der Waals surface area contributed by atoms with Crippen molar-refractivity contribution in [3.05, 3.63) is 23.2 Å². The molecule has 0 fully saturated rings. The highest BCUT2D eigenvalue weighted by atomic mass is 32.2. The van der Waals surface area contributed by atoms with Crippen molar-refractivity contribution in [1.29, 1.82) is 0 Å². The maximum Gasteiger partial charge on any atom is 0.471 e. The molecule has 354 valence electrons. The van der Waals surface area contributed by atoms with E-state index in [0.717, 1.165) is 13.0 Å². The normalized spacial score (nSPS) is 15.3. The maximum atomic E-state index is 13.5. The number of carboxylic acid groups (broad SMARTS) is 1. The van der Waals surface area contributed by atoms with E-state index in [1.807, 2.05) is 19.0 Å². The highest BCUT2D eigenvalue weighted by Gasteiger charge is 2.38. The van der Waals surface area contributed by atoms with E-state index >= 15 is 0 Å². The summed E-state index contributed by atoms with van der Waals surface area (Å²) in [5.74, 6) is -6.62. The summed E-state index contributed by atoms with van der Waals surface area (Å²) < 4.78 is 43.7. The first-order valence-corrected chi connectivity index (χ1v) is 22.0. The van der Waals surface area contributed by atoms with Crippen LogP contribution in [-0.2, 0) is 38.3 Å². The average Bonchev–Trinajstić information content (AvgIpc) is 3.86. The molecule has 0 saturated heterocycles. The number of carboxylic acids is 1. The van der Waals surface area contributed by atoms with E-state index in [2.05, 4.69) is 41.9 Å². The summed E-state index contributed by atoms with van der Waals surface area (Å²) in [6, 6.07) is 0.385. The van der Waals surface area contributed by atoms with Gasteiger partial charge in [0.15, 0.2) is 6.04 Å². The standard InChI is InChI=1S/C39H55F3N10O10S2/c1-21(46-29(54)19-44-28(53)18-45-31(56)24(12-8-10-16-52(5)6)51-37(61)62-38(2,3)4)30(55)48-25(11-7-9-15-43-36(60)39(40,41)42)32(57)47-22-13-14-23-27(17-22)64-34(49-23)33-50-26(20-63-33)35(58)59/h13-14,17,21,24-26H,7-12,15-16,18-20H2,1-6H3,(H,43,60)(H,44,53)(H,45,56)(H,46,54)(H,47,57)(H,48,55)(H,51,61)(H,58,59)/t21-,24?,25?,26?/m0/s1. The van der Waals surface area contributed by atoms with Gasteiger partial charge in [-0.25, -0.2) is 14.6 Å². The number of thiazole rings is 1. The van der Waals surface area contributed by atoms with Gasteiger partial charge in [0, 0.05) is 18.0 Å². The molecule has 2 aromatic rings. The number of carbonyl (C=O) groups is 8. The van der Waals surface area contributed by atoms with Gasteiger partial charge in [0.05, 0.1) is 23.3 Å². The number of aliphatic imine (C=N–C) groups is 1. The number of hydrogen-bond acceptors (Lipinski definition) is 14. The Bertz CT molecular complexity index is 2040.